The van der Waals surface area contributed by atoms with Crippen LogP contribution in [0.25, 0.3) is 11.1 Å². The van der Waals surface area contributed by atoms with Crippen LogP contribution in [0, 0.1) is 0 Å². The second-order valence-electron chi connectivity index (χ2n) is 5.83. The molecule has 1 aliphatic carbocycles. The predicted octanol–water partition coefficient (Wildman–Crippen LogP) is 3.25. The Morgan fingerprint density at radius 3 is 2.25 bits per heavy atom. The molecule has 1 atom stereocenters. The minimum absolute atomic E-state index is 0.0168. The van der Waals surface area contributed by atoms with Gasteiger partial charge in [0.05, 0.1) is 19.3 Å². The first-order valence-corrected chi connectivity index (χ1v) is 8.03. The number of ether oxygens (including phenoxy) is 1. The molecule has 2 aromatic carbocycles. The maximum absolute atomic E-state index is 12.3. The highest BCUT2D eigenvalue weighted by Crippen LogP contribution is 2.44. The second kappa shape index (κ2) is 7.45. The molecule has 0 heterocycles. The minimum Gasteiger partial charge on any atom is -0.449 e. The van der Waals surface area contributed by atoms with E-state index in [9.17, 15) is 9.18 Å². The van der Waals surface area contributed by atoms with Crippen LogP contribution in [0.1, 0.15) is 23.5 Å². The van der Waals surface area contributed by atoms with E-state index in [0.717, 1.165) is 22.3 Å². The minimum atomic E-state index is -0.635. The number of rotatable bonds is 6. The molecule has 0 spiro atoms. The highest BCUT2D eigenvalue weighted by molar-refractivity contribution is 5.79. The van der Waals surface area contributed by atoms with E-state index in [1.54, 1.807) is 0 Å². The molecule has 0 saturated carbocycles. The molecule has 0 saturated heterocycles. The third-order valence-electron chi connectivity index (χ3n) is 4.34. The Morgan fingerprint density at radius 1 is 1.12 bits per heavy atom. The second-order valence-corrected chi connectivity index (χ2v) is 5.83. The summed E-state index contributed by atoms with van der Waals surface area (Å²) in [7, 11) is 0. The van der Waals surface area contributed by atoms with Crippen molar-refractivity contribution in [1.82, 2.24) is 5.32 Å². The van der Waals surface area contributed by atoms with Crippen LogP contribution in [0.2, 0.25) is 0 Å². The van der Waals surface area contributed by atoms with E-state index < -0.39 is 18.8 Å². The van der Waals surface area contributed by atoms with Crippen LogP contribution in [0.3, 0.4) is 0 Å². The number of halogens is 1. The zero-order chi connectivity index (χ0) is 16.9. The summed E-state index contributed by atoms with van der Waals surface area (Å²) in [5.74, 6) is -0.0168. The van der Waals surface area contributed by atoms with Crippen molar-refractivity contribution in [3.05, 3.63) is 59.7 Å². The number of fused-ring (bicyclic) bond motifs is 3. The van der Waals surface area contributed by atoms with E-state index in [0.29, 0.717) is 0 Å². The molecule has 3 rings (SSSR count). The van der Waals surface area contributed by atoms with Crippen molar-refractivity contribution in [2.45, 2.75) is 18.4 Å². The Labute approximate surface area is 140 Å². The number of nitrogens with one attached hydrogen (secondary N) is 1. The molecule has 2 N–H and O–H groups in total. The van der Waals surface area contributed by atoms with E-state index in [-0.39, 0.29) is 25.6 Å². The molecule has 24 heavy (non-hydrogen) atoms. The summed E-state index contributed by atoms with van der Waals surface area (Å²) in [5.41, 5.74) is 4.59. The lowest BCUT2D eigenvalue weighted by Gasteiger charge is -2.17. The third kappa shape index (κ3) is 3.26. The molecule has 0 aliphatic heterocycles. The van der Waals surface area contributed by atoms with Gasteiger partial charge in [-0.1, -0.05) is 48.5 Å². The standard InChI is InChI=1S/C19H20FNO3/c20-10-9-13(11-22)21-19(23)24-12-18-16-7-3-1-5-14(16)15-6-2-4-8-17(15)18/h1-8,13,18,22H,9-12H2,(H,21,23). The number of hydrogen-bond acceptors (Lipinski definition) is 3. The highest BCUT2D eigenvalue weighted by atomic mass is 19.1. The fourth-order valence-corrected chi connectivity index (χ4v) is 3.15. The lowest BCUT2D eigenvalue weighted by Crippen LogP contribution is -2.38. The van der Waals surface area contributed by atoms with Crippen LogP contribution < -0.4 is 5.32 Å². The SMILES string of the molecule is O=C(NC(CO)CCF)OCC1c2ccccc2-c2ccccc21. The Kier molecular flexibility index (Phi) is 5.11. The van der Waals surface area contributed by atoms with E-state index >= 15 is 0 Å². The summed E-state index contributed by atoms with van der Waals surface area (Å²) >= 11 is 0. The number of benzene rings is 2. The molecule has 4 nitrogen and oxygen atoms in total. The van der Waals surface area contributed by atoms with Gasteiger partial charge in [-0.15, -0.1) is 0 Å². The number of aliphatic hydroxyl groups excluding tert-OH is 1. The van der Waals surface area contributed by atoms with Crippen LogP contribution in [0.15, 0.2) is 48.5 Å². The molecule has 2 aromatic rings. The van der Waals surface area contributed by atoms with Crippen LogP contribution >= 0.6 is 0 Å². The fraction of sp³-hybridized carbons (Fsp3) is 0.316. The average molecular weight is 329 g/mol. The van der Waals surface area contributed by atoms with E-state index in [1.807, 2.05) is 36.4 Å². The summed E-state index contributed by atoms with van der Waals surface area (Å²) in [5, 5.41) is 11.6. The molecule has 1 aliphatic rings. The maximum atomic E-state index is 12.3. The van der Waals surface area contributed by atoms with Crippen LogP contribution in [0.5, 0.6) is 0 Å². The van der Waals surface area contributed by atoms with Gasteiger partial charge >= 0.3 is 6.09 Å². The summed E-state index contributed by atoms with van der Waals surface area (Å²) in [6, 6.07) is 15.5. The number of carbonyl (C=O) groups excluding carboxylic acids is 1. The fourth-order valence-electron chi connectivity index (χ4n) is 3.15. The van der Waals surface area contributed by atoms with Gasteiger partial charge < -0.3 is 15.2 Å². The Bertz CT molecular complexity index is 674. The normalized spacial score (nSPS) is 13.9. The predicted molar refractivity (Wildman–Crippen MR) is 89.7 cm³/mol. The van der Waals surface area contributed by atoms with Gasteiger partial charge in [0.1, 0.15) is 6.61 Å². The van der Waals surface area contributed by atoms with Crippen molar-refractivity contribution < 1.29 is 19.0 Å². The smallest absolute Gasteiger partial charge is 0.407 e. The van der Waals surface area contributed by atoms with Crippen molar-refractivity contribution in [2.75, 3.05) is 19.9 Å². The van der Waals surface area contributed by atoms with Crippen molar-refractivity contribution in [2.24, 2.45) is 0 Å². The lowest BCUT2D eigenvalue weighted by molar-refractivity contribution is 0.130. The summed E-state index contributed by atoms with van der Waals surface area (Å²) < 4.78 is 17.7. The highest BCUT2D eigenvalue weighted by Gasteiger charge is 2.29. The maximum Gasteiger partial charge on any atom is 0.407 e. The van der Waals surface area contributed by atoms with Crippen molar-refractivity contribution in [1.29, 1.82) is 0 Å². The average Bonchev–Trinajstić information content (AvgIpc) is 2.93. The summed E-state index contributed by atoms with van der Waals surface area (Å²) in [6.07, 6.45) is -0.565. The topological polar surface area (TPSA) is 58.6 Å². The summed E-state index contributed by atoms with van der Waals surface area (Å²) in [6.45, 7) is -0.712. The van der Waals surface area contributed by atoms with Gasteiger partial charge in [0, 0.05) is 5.92 Å². The largest absolute Gasteiger partial charge is 0.449 e. The van der Waals surface area contributed by atoms with Gasteiger partial charge in [0.25, 0.3) is 0 Å². The van der Waals surface area contributed by atoms with Crippen molar-refractivity contribution in [3.63, 3.8) is 0 Å². The molecule has 1 amide bonds. The molecule has 5 heteroatoms. The van der Waals surface area contributed by atoms with Crippen LogP contribution in [0.4, 0.5) is 9.18 Å². The molecule has 0 fully saturated rings. The van der Waals surface area contributed by atoms with Crippen molar-refractivity contribution in [3.8, 4) is 11.1 Å². The molecular weight excluding hydrogens is 309 g/mol. The molecule has 0 bridgehead atoms. The van der Waals surface area contributed by atoms with Gasteiger partial charge in [-0.25, -0.2) is 4.79 Å². The number of alkyl halides is 1. The summed E-state index contributed by atoms with van der Waals surface area (Å²) in [4.78, 5) is 11.9. The Hall–Kier alpha value is -2.40. The van der Waals surface area contributed by atoms with Crippen LogP contribution in [-0.2, 0) is 4.74 Å². The van der Waals surface area contributed by atoms with E-state index in [2.05, 4.69) is 17.4 Å². The van der Waals surface area contributed by atoms with Gasteiger partial charge in [0.2, 0.25) is 0 Å². The number of hydrogen-bond donors (Lipinski definition) is 2. The monoisotopic (exact) mass is 329 g/mol. The zero-order valence-electron chi connectivity index (χ0n) is 13.2. The number of aliphatic hydroxyl groups is 1. The van der Waals surface area contributed by atoms with Crippen LogP contribution in [-0.4, -0.2) is 37.1 Å². The Balaban J connectivity index is 1.70. The van der Waals surface area contributed by atoms with Gasteiger partial charge in [0.15, 0.2) is 0 Å². The molecule has 0 aromatic heterocycles. The lowest BCUT2D eigenvalue weighted by atomic mass is 9.98. The first-order valence-electron chi connectivity index (χ1n) is 8.03. The first kappa shape index (κ1) is 16.5. The number of alkyl carbamates (subject to hydrolysis) is 1. The van der Waals surface area contributed by atoms with Gasteiger partial charge in [-0.05, 0) is 28.7 Å². The molecule has 0 radical (unpaired) electrons. The molecule has 126 valence electrons. The van der Waals surface area contributed by atoms with Gasteiger partial charge in [-0.2, -0.15) is 0 Å². The van der Waals surface area contributed by atoms with Crippen molar-refractivity contribution >= 4 is 6.09 Å². The quantitative estimate of drug-likeness (QED) is 0.855. The third-order valence-corrected chi connectivity index (χ3v) is 4.34. The number of amides is 1. The Morgan fingerprint density at radius 2 is 1.71 bits per heavy atom. The van der Waals surface area contributed by atoms with Gasteiger partial charge in [-0.3, -0.25) is 4.39 Å². The van der Waals surface area contributed by atoms with E-state index in [4.69, 9.17) is 9.84 Å². The number of carbonyl (C=O) groups is 1. The molecular formula is C19H20FNO3. The molecule has 1 unspecified atom stereocenters. The first-order chi connectivity index (χ1) is 11.7. The van der Waals surface area contributed by atoms with E-state index in [1.165, 1.54) is 0 Å². The zero-order valence-corrected chi connectivity index (χ0v) is 13.2.